The fraction of sp³-hybridized carbons (Fsp3) is 0.833. The molecule has 22 heavy (non-hydrogen) atoms. The minimum atomic E-state index is -0.389. The van der Waals surface area contributed by atoms with Crippen molar-refractivity contribution in [1.29, 1.82) is 0 Å². The van der Waals surface area contributed by atoms with E-state index in [4.69, 9.17) is 0 Å². The fourth-order valence-electron chi connectivity index (χ4n) is 4.69. The molecule has 0 bridgehead atoms. The second kappa shape index (κ2) is 5.47. The molecule has 3 unspecified atom stereocenters. The molecule has 3 fully saturated rings. The highest BCUT2D eigenvalue weighted by Crippen LogP contribution is 2.48. The van der Waals surface area contributed by atoms with Gasteiger partial charge in [0.05, 0.1) is 11.8 Å². The Labute approximate surface area is 132 Å². The van der Waals surface area contributed by atoms with Crippen molar-refractivity contribution in [2.24, 2.45) is 23.2 Å². The predicted molar refractivity (Wildman–Crippen MR) is 82.9 cm³/mol. The molecule has 3 aliphatic rings. The van der Waals surface area contributed by atoms with Gasteiger partial charge < -0.3 is 0 Å². The van der Waals surface area contributed by atoms with E-state index in [2.05, 4.69) is 20.8 Å². The summed E-state index contributed by atoms with van der Waals surface area (Å²) in [6.07, 6.45) is 5.98. The molecule has 1 heterocycles. The number of amides is 2. The third-order valence-corrected chi connectivity index (χ3v) is 5.89. The number of imide groups is 1. The molecule has 4 heteroatoms. The highest BCUT2D eigenvalue weighted by atomic mass is 16.2. The van der Waals surface area contributed by atoms with Gasteiger partial charge >= 0.3 is 0 Å². The monoisotopic (exact) mass is 305 g/mol. The summed E-state index contributed by atoms with van der Waals surface area (Å²) in [5, 5.41) is 0. The number of likely N-dealkylation sites (tertiary alicyclic amines) is 1. The summed E-state index contributed by atoms with van der Waals surface area (Å²) in [7, 11) is 0. The number of hydrogen-bond acceptors (Lipinski definition) is 3. The maximum Gasteiger partial charge on any atom is 0.233 e. The minimum Gasteiger partial charge on any atom is -0.300 e. The molecule has 1 saturated heterocycles. The fourth-order valence-corrected chi connectivity index (χ4v) is 4.69. The molecule has 0 radical (unpaired) electrons. The third-order valence-electron chi connectivity index (χ3n) is 5.89. The van der Waals surface area contributed by atoms with Crippen LogP contribution < -0.4 is 0 Å². The molecule has 0 aromatic carbocycles. The number of nitrogens with zero attached hydrogens (tertiary/aromatic N) is 1. The quantitative estimate of drug-likeness (QED) is 0.700. The second-order valence-corrected chi connectivity index (χ2v) is 8.39. The van der Waals surface area contributed by atoms with Gasteiger partial charge in [0.15, 0.2) is 0 Å². The van der Waals surface area contributed by atoms with Crippen LogP contribution in [0.3, 0.4) is 0 Å². The standard InChI is InChI=1S/C18H27NO3/c1-18(2,3)14-10-12(20)9-13-15(14)17(22)19(16(13)21)11-7-5-4-6-8-11/h11,13-15H,4-10H2,1-3H3. The largest absolute Gasteiger partial charge is 0.300 e. The lowest BCUT2D eigenvalue weighted by molar-refractivity contribution is -0.144. The third kappa shape index (κ3) is 2.50. The predicted octanol–water partition coefficient (Wildman–Crippen LogP) is 2.95. The number of carbonyl (C=O) groups excluding carboxylic acids is 3. The topological polar surface area (TPSA) is 54.5 Å². The molecule has 0 spiro atoms. The van der Waals surface area contributed by atoms with Crippen molar-refractivity contribution in [3.05, 3.63) is 0 Å². The number of hydrogen-bond donors (Lipinski definition) is 0. The SMILES string of the molecule is CC(C)(C)C1CC(=O)CC2C(=O)N(C3CCCCC3)C(=O)C21. The van der Waals surface area contributed by atoms with Crippen LogP contribution in [-0.2, 0) is 14.4 Å². The maximum absolute atomic E-state index is 13.0. The highest BCUT2D eigenvalue weighted by Gasteiger charge is 2.57. The van der Waals surface area contributed by atoms with Gasteiger partial charge in [-0.05, 0) is 24.2 Å². The number of Topliss-reactive ketones (excluding diaryl/α,β-unsaturated/α-hetero) is 1. The molecule has 2 amide bonds. The summed E-state index contributed by atoms with van der Waals surface area (Å²) < 4.78 is 0. The molecule has 0 N–H and O–H groups in total. The summed E-state index contributed by atoms with van der Waals surface area (Å²) in [5.41, 5.74) is -0.127. The zero-order chi connectivity index (χ0) is 16.1. The minimum absolute atomic E-state index is 0.00863. The van der Waals surface area contributed by atoms with Crippen LogP contribution in [0.2, 0.25) is 0 Å². The van der Waals surface area contributed by atoms with E-state index in [0.29, 0.717) is 6.42 Å². The van der Waals surface area contributed by atoms with Crippen molar-refractivity contribution in [3.63, 3.8) is 0 Å². The van der Waals surface area contributed by atoms with E-state index in [1.807, 2.05) is 0 Å². The van der Waals surface area contributed by atoms with Crippen LogP contribution in [-0.4, -0.2) is 28.5 Å². The first-order chi connectivity index (χ1) is 10.3. The van der Waals surface area contributed by atoms with Crippen LogP contribution in [0.15, 0.2) is 0 Å². The van der Waals surface area contributed by atoms with Gasteiger partial charge in [-0.15, -0.1) is 0 Å². The van der Waals surface area contributed by atoms with Crippen LogP contribution >= 0.6 is 0 Å². The van der Waals surface area contributed by atoms with Gasteiger partial charge in [-0.2, -0.15) is 0 Å². The Kier molecular flexibility index (Phi) is 3.90. The van der Waals surface area contributed by atoms with E-state index in [1.54, 1.807) is 4.90 Å². The Bertz CT molecular complexity index is 499. The first-order valence-corrected chi connectivity index (χ1v) is 8.69. The smallest absolute Gasteiger partial charge is 0.233 e. The Balaban J connectivity index is 1.91. The zero-order valence-corrected chi connectivity index (χ0v) is 13.9. The van der Waals surface area contributed by atoms with Crippen LogP contribution in [0, 0.1) is 23.2 Å². The van der Waals surface area contributed by atoms with Gasteiger partial charge in [0.25, 0.3) is 0 Å². The zero-order valence-electron chi connectivity index (χ0n) is 13.9. The van der Waals surface area contributed by atoms with E-state index in [0.717, 1.165) is 25.7 Å². The van der Waals surface area contributed by atoms with E-state index in [1.165, 1.54) is 6.42 Å². The number of carbonyl (C=O) groups is 3. The summed E-state index contributed by atoms with van der Waals surface area (Å²) >= 11 is 0. The molecule has 3 rings (SSSR count). The van der Waals surface area contributed by atoms with Crippen molar-refractivity contribution in [3.8, 4) is 0 Å². The average molecular weight is 305 g/mol. The van der Waals surface area contributed by atoms with Gasteiger partial charge in [-0.1, -0.05) is 40.0 Å². The molecule has 122 valence electrons. The number of fused-ring (bicyclic) bond motifs is 1. The van der Waals surface area contributed by atoms with Crippen LogP contribution in [0.1, 0.15) is 65.7 Å². The Morgan fingerprint density at radius 2 is 1.55 bits per heavy atom. The molecule has 0 aromatic rings. The molecule has 2 aliphatic carbocycles. The Morgan fingerprint density at radius 1 is 0.909 bits per heavy atom. The van der Waals surface area contributed by atoms with E-state index in [9.17, 15) is 14.4 Å². The lowest BCUT2D eigenvalue weighted by Crippen LogP contribution is -2.43. The van der Waals surface area contributed by atoms with Gasteiger partial charge in [0, 0.05) is 18.9 Å². The van der Waals surface area contributed by atoms with E-state index in [-0.39, 0.29) is 53.2 Å². The first kappa shape index (κ1) is 15.7. The lowest BCUT2D eigenvalue weighted by Gasteiger charge is -2.39. The van der Waals surface area contributed by atoms with Gasteiger partial charge in [0.2, 0.25) is 11.8 Å². The summed E-state index contributed by atoms with van der Waals surface area (Å²) in [4.78, 5) is 39.5. The van der Waals surface area contributed by atoms with Crippen molar-refractivity contribution in [1.82, 2.24) is 4.90 Å². The average Bonchev–Trinajstić information content (AvgIpc) is 2.70. The summed E-state index contributed by atoms with van der Waals surface area (Å²) in [5.74, 6) is -0.581. The molecule has 4 nitrogen and oxygen atoms in total. The van der Waals surface area contributed by atoms with E-state index >= 15 is 0 Å². The van der Waals surface area contributed by atoms with Gasteiger partial charge in [0.1, 0.15) is 5.78 Å². The molecular formula is C18H27NO3. The molecule has 2 saturated carbocycles. The lowest BCUT2D eigenvalue weighted by atomic mass is 9.63. The second-order valence-electron chi connectivity index (χ2n) is 8.39. The molecule has 1 aliphatic heterocycles. The first-order valence-electron chi connectivity index (χ1n) is 8.69. The summed E-state index contributed by atoms with van der Waals surface area (Å²) in [6.45, 7) is 6.23. The number of ketones is 1. The number of rotatable bonds is 1. The Morgan fingerprint density at radius 3 is 2.14 bits per heavy atom. The van der Waals surface area contributed by atoms with Crippen molar-refractivity contribution in [2.45, 2.75) is 71.8 Å². The maximum atomic E-state index is 13.0. The van der Waals surface area contributed by atoms with Gasteiger partial charge in [-0.25, -0.2) is 0 Å². The van der Waals surface area contributed by atoms with Crippen LogP contribution in [0.4, 0.5) is 0 Å². The summed E-state index contributed by atoms with van der Waals surface area (Å²) in [6, 6.07) is 0.0788. The molecule has 3 atom stereocenters. The van der Waals surface area contributed by atoms with Crippen LogP contribution in [0.5, 0.6) is 0 Å². The Hall–Kier alpha value is -1.19. The van der Waals surface area contributed by atoms with Gasteiger partial charge in [-0.3, -0.25) is 19.3 Å². The van der Waals surface area contributed by atoms with Crippen molar-refractivity contribution >= 4 is 17.6 Å². The normalized spacial score (nSPS) is 34.2. The van der Waals surface area contributed by atoms with Crippen molar-refractivity contribution in [2.75, 3.05) is 0 Å². The van der Waals surface area contributed by atoms with Crippen molar-refractivity contribution < 1.29 is 14.4 Å². The molecular weight excluding hydrogens is 278 g/mol. The highest BCUT2D eigenvalue weighted by molar-refractivity contribution is 6.08. The van der Waals surface area contributed by atoms with Crippen LogP contribution in [0.25, 0.3) is 0 Å². The molecule has 0 aromatic heterocycles. The van der Waals surface area contributed by atoms with E-state index < -0.39 is 0 Å².